The third-order valence-electron chi connectivity index (χ3n) is 5.81. The predicted octanol–water partition coefficient (Wildman–Crippen LogP) is 8.04. The Balaban J connectivity index is 1.38. The normalized spacial score (nSPS) is 18.4. The molecular formula is C27H44O2. The molecule has 0 bridgehead atoms. The van der Waals surface area contributed by atoms with E-state index in [0.29, 0.717) is 6.61 Å². The van der Waals surface area contributed by atoms with Crippen molar-refractivity contribution in [3.05, 3.63) is 42.0 Å². The number of ether oxygens (including phenoxy) is 2. The number of hydrogen-bond acceptors (Lipinski definition) is 2. The summed E-state index contributed by atoms with van der Waals surface area (Å²) >= 11 is 0. The van der Waals surface area contributed by atoms with Crippen LogP contribution in [0, 0.1) is 0 Å². The summed E-state index contributed by atoms with van der Waals surface area (Å²) < 4.78 is 11.3. The van der Waals surface area contributed by atoms with Crippen LogP contribution in [0.5, 0.6) is 5.75 Å². The second-order valence-corrected chi connectivity index (χ2v) is 9.01. The summed E-state index contributed by atoms with van der Waals surface area (Å²) in [5.41, 5.74) is 1.36. The van der Waals surface area contributed by atoms with Gasteiger partial charge in [0.2, 0.25) is 0 Å². The Morgan fingerprint density at radius 3 is 2.17 bits per heavy atom. The molecule has 1 aliphatic heterocycles. The van der Waals surface area contributed by atoms with Crippen LogP contribution in [0.15, 0.2) is 36.4 Å². The van der Waals surface area contributed by atoms with E-state index in [0.717, 1.165) is 18.8 Å². The molecule has 0 amide bonds. The number of allylic oxidation sites excluding steroid dienone is 2. The van der Waals surface area contributed by atoms with E-state index in [4.69, 9.17) is 9.47 Å². The van der Waals surface area contributed by atoms with Crippen LogP contribution in [-0.2, 0) is 11.2 Å². The molecule has 1 aromatic rings. The zero-order chi connectivity index (χ0) is 20.6. The molecule has 29 heavy (non-hydrogen) atoms. The first-order valence-electron chi connectivity index (χ1n) is 12.2. The lowest BCUT2D eigenvalue weighted by atomic mass is 10.0. The number of epoxide rings is 1. The maximum absolute atomic E-state index is 5.87. The van der Waals surface area contributed by atoms with Gasteiger partial charge in [0.25, 0.3) is 0 Å². The lowest BCUT2D eigenvalue weighted by Gasteiger charge is -2.10. The fourth-order valence-electron chi connectivity index (χ4n) is 3.62. The van der Waals surface area contributed by atoms with Crippen LogP contribution < -0.4 is 4.74 Å². The van der Waals surface area contributed by atoms with Crippen LogP contribution in [-0.4, -0.2) is 18.8 Å². The highest BCUT2D eigenvalue weighted by Crippen LogP contribution is 2.27. The molecule has 1 aliphatic rings. The third kappa shape index (κ3) is 12.1. The quantitative estimate of drug-likeness (QED) is 0.141. The van der Waals surface area contributed by atoms with Crippen molar-refractivity contribution in [1.29, 1.82) is 0 Å². The SMILES string of the molecule is CCCC/C=C/CCCCCCCCCCCc1cccc(OCC2(C)CO2)c1. The van der Waals surface area contributed by atoms with Crippen molar-refractivity contribution < 1.29 is 9.47 Å². The van der Waals surface area contributed by atoms with Crippen molar-refractivity contribution in [2.45, 2.75) is 109 Å². The van der Waals surface area contributed by atoms with Crippen molar-refractivity contribution in [3.63, 3.8) is 0 Å². The van der Waals surface area contributed by atoms with Crippen molar-refractivity contribution >= 4 is 0 Å². The Bertz CT molecular complexity index is 559. The van der Waals surface area contributed by atoms with Crippen LogP contribution in [0.3, 0.4) is 0 Å². The molecular weight excluding hydrogens is 356 g/mol. The summed E-state index contributed by atoms with van der Waals surface area (Å²) in [6, 6.07) is 8.59. The molecule has 0 spiro atoms. The minimum absolute atomic E-state index is 0.0404. The molecule has 1 fully saturated rings. The average molecular weight is 401 g/mol. The van der Waals surface area contributed by atoms with Crippen LogP contribution in [0.1, 0.15) is 103 Å². The van der Waals surface area contributed by atoms with Gasteiger partial charge in [0.1, 0.15) is 18.0 Å². The average Bonchev–Trinajstić information content (AvgIpc) is 3.47. The third-order valence-corrected chi connectivity index (χ3v) is 5.81. The second kappa shape index (κ2) is 14.7. The van der Waals surface area contributed by atoms with Gasteiger partial charge >= 0.3 is 0 Å². The van der Waals surface area contributed by atoms with E-state index in [2.05, 4.69) is 50.3 Å². The molecule has 164 valence electrons. The monoisotopic (exact) mass is 400 g/mol. The minimum Gasteiger partial charge on any atom is -0.490 e. The molecule has 2 nitrogen and oxygen atoms in total. The van der Waals surface area contributed by atoms with Gasteiger partial charge in [-0.3, -0.25) is 0 Å². The van der Waals surface area contributed by atoms with Gasteiger partial charge in [-0.2, -0.15) is 0 Å². The van der Waals surface area contributed by atoms with E-state index < -0.39 is 0 Å². The Labute approximate surface area is 180 Å². The van der Waals surface area contributed by atoms with Crippen LogP contribution in [0.25, 0.3) is 0 Å². The van der Waals surface area contributed by atoms with Crippen molar-refractivity contribution in [1.82, 2.24) is 0 Å². The van der Waals surface area contributed by atoms with Crippen LogP contribution in [0.2, 0.25) is 0 Å². The first-order valence-corrected chi connectivity index (χ1v) is 12.2. The maximum atomic E-state index is 5.87. The molecule has 0 radical (unpaired) electrons. The lowest BCUT2D eigenvalue weighted by molar-refractivity contribution is 0.202. The largest absolute Gasteiger partial charge is 0.490 e. The Morgan fingerprint density at radius 2 is 1.52 bits per heavy atom. The summed E-state index contributed by atoms with van der Waals surface area (Å²) in [4.78, 5) is 0. The van der Waals surface area contributed by atoms with E-state index in [1.165, 1.54) is 89.0 Å². The van der Waals surface area contributed by atoms with Gasteiger partial charge in [-0.1, -0.05) is 89.0 Å². The fraction of sp³-hybridized carbons (Fsp3) is 0.704. The van der Waals surface area contributed by atoms with Crippen molar-refractivity contribution in [3.8, 4) is 5.75 Å². The van der Waals surface area contributed by atoms with E-state index in [-0.39, 0.29) is 5.60 Å². The van der Waals surface area contributed by atoms with Gasteiger partial charge < -0.3 is 9.47 Å². The zero-order valence-corrected chi connectivity index (χ0v) is 19.1. The molecule has 1 unspecified atom stereocenters. The van der Waals surface area contributed by atoms with Gasteiger partial charge in [0, 0.05) is 0 Å². The highest BCUT2D eigenvalue weighted by molar-refractivity contribution is 5.28. The van der Waals surface area contributed by atoms with E-state index >= 15 is 0 Å². The summed E-state index contributed by atoms with van der Waals surface area (Å²) in [5, 5.41) is 0. The summed E-state index contributed by atoms with van der Waals surface area (Å²) in [7, 11) is 0. The Hall–Kier alpha value is -1.28. The second-order valence-electron chi connectivity index (χ2n) is 9.01. The molecule has 0 N–H and O–H groups in total. The standard InChI is InChI=1S/C27H44O2/c1-3-4-5-6-7-8-9-10-11-12-13-14-15-16-17-19-25-20-18-21-26(22-25)28-23-27(2)24-29-27/h6-7,18,20-22H,3-5,8-17,19,23-24H2,1-2H3/b7-6+. The smallest absolute Gasteiger partial charge is 0.123 e. The van der Waals surface area contributed by atoms with Gasteiger partial charge in [-0.05, 0) is 56.7 Å². The molecule has 2 rings (SSSR count). The van der Waals surface area contributed by atoms with Crippen LogP contribution >= 0.6 is 0 Å². The van der Waals surface area contributed by atoms with Gasteiger partial charge in [-0.15, -0.1) is 0 Å². The Kier molecular flexibility index (Phi) is 12.1. The predicted molar refractivity (Wildman–Crippen MR) is 125 cm³/mol. The molecule has 1 saturated heterocycles. The number of rotatable bonds is 18. The Morgan fingerprint density at radius 1 is 0.897 bits per heavy atom. The van der Waals surface area contributed by atoms with Crippen LogP contribution in [0.4, 0.5) is 0 Å². The lowest BCUT2D eigenvalue weighted by Crippen LogP contribution is -2.16. The maximum Gasteiger partial charge on any atom is 0.123 e. The molecule has 0 saturated carbocycles. The van der Waals surface area contributed by atoms with Gasteiger partial charge in [-0.25, -0.2) is 0 Å². The first kappa shape index (κ1) is 24.0. The molecule has 0 aliphatic carbocycles. The molecule has 1 atom stereocenters. The number of benzene rings is 1. The van der Waals surface area contributed by atoms with Gasteiger partial charge in [0.15, 0.2) is 0 Å². The summed E-state index contributed by atoms with van der Waals surface area (Å²) in [6.45, 7) is 5.84. The summed E-state index contributed by atoms with van der Waals surface area (Å²) in [6.07, 6.45) is 23.6. The topological polar surface area (TPSA) is 21.8 Å². The molecule has 2 heteroatoms. The summed E-state index contributed by atoms with van der Waals surface area (Å²) in [5.74, 6) is 0.982. The molecule has 1 aromatic carbocycles. The fourth-order valence-corrected chi connectivity index (χ4v) is 3.62. The zero-order valence-electron chi connectivity index (χ0n) is 19.1. The number of aryl methyl sites for hydroxylation is 1. The number of unbranched alkanes of at least 4 members (excludes halogenated alkanes) is 11. The van der Waals surface area contributed by atoms with E-state index in [1.807, 2.05) is 0 Å². The molecule has 1 heterocycles. The highest BCUT2D eigenvalue weighted by atomic mass is 16.6. The number of hydrogen-bond donors (Lipinski definition) is 0. The van der Waals surface area contributed by atoms with Gasteiger partial charge in [0.05, 0.1) is 6.61 Å². The van der Waals surface area contributed by atoms with E-state index in [1.54, 1.807) is 0 Å². The highest BCUT2D eigenvalue weighted by Gasteiger charge is 2.40. The minimum atomic E-state index is -0.0404. The van der Waals surface area contributed by atoms with E-state index in [9.17, 15) is 0 Å². The first-order chi connectivity index (χ1) is 14.2. The van der Waals surface area contributed by atoms with Crippen molar-refractivity contribution in [2.75, 3.05) is 13.2 Å². The molecule has 0 aromatic heterocycles. The van der Waals surface area contributed by atoms with Crippen molar-refractivity contribution in [2.24, 2.45) is 0 Å².